The molecule has 3 aromatic rings. The van der Waals surface area contributed by atoms with Crippen molar-refractivity contribution in [2.45, 2.75) is 16.7 Å². The molecule has 0 fully saturated rings. The van der Waals surface area contributed by atoms with Crippen molar-refractivity contribution in [2.75, 3.05) is 5.73 Å². The molecule has 90 valence electrons. The minimum atomic E-state index is 0.797. The molecule has 0 saturated heterocycles. The van der Waals surface area contributed by atoms with Gasteiger partial charge in [0.05, 0.1) is 10.2 Å². The Morgan fingerprint density at radius 1 is 1.17 bits per heavy atom. The normalized spacial score (nSPS) is 10.9. The van der Waals surface area contributed by atoms with E-state index >= 15 is 0 Å². The topological polar surface area (TPSA) is 38.9 Å². The van der Waals surface area contributed by atoms with Crippen LogP contribution in [-0.2, 0) is 0 Å². The number of anilines is 1. The fraction of sp³-hybridized carbons (Fsp3) is 0.0714. The predicted molar refractivity (Wildman–Crippen MR) is 79.3 cm³/mol. The lowest BCUT2D eigenvalue weighted by molar-refractivity contribution is 1.36. The first-order chi connectivity index (χ1) is 8.72. The van der Waals surface area contributed by atoms with Crippen LogP contribution < -0.4 is 5.73 Å². The van der Waals surface area contributed by atoms with E-state index in [1.165, 1.54) is 19.4 Å². The maximum Gasteiger partial charge on any atom is 0.0823 e. The molecule has 1 aromatic carbocycles. The van der Waals surface area contributed by atoms with Gasteiger partial charge in [-0.3, -0.25) is 4.98 Å². The molecule has 2 N–H and O–H groups in total. The van der Waals surface area contributed by atoms with Gasteiger partial charge in [-0.15, -0.1) is 11.3 Å². The number of hydrogen-bond acceptors (Lipinski definition) is 4. The van der Waals surface area contributed by atoms with Gasteiger partial charge >= 0.3 is 0 Å². The first kappa shape index (κ1) is 11.6. The molecule has 2 nitrogen and oxygen atoms in total. The number of aryl methyl sites for hydroxylation is 1. The van der Waals surface area contributed by atoms with Crippen molar-refractivity contribution < 1.29 is 0 Å². The maximum atomic E-state index is 5.70. The van der Waals surface area contributed by atoms with Crippen molar-refractivity contribution in [3.63, 3.8) is 0 Å². The Morgan fingerprint density at radius 2 is 1.94 bits per heavy atom. The van der Waals surface area contributed by atoms with Crippen LogP contribution in [0.3, 0.4) is 0 Å². The second kappa shape index (κ2) is 4.63. The lowest BCUT2D eigenvalue weighted by Crippen LogP contribution is -1.82. The first-order valence-corrected chi connectivity index (χ1v) is 7.24. The number of nitrogen functional groups attached to an aromatic ring is 1. The highest BCUT2D eigenvalue weighted by Crippen LogP contribution is 2.36. The molecule has 0 spiro atoms. The van der Waals surface area contributed by atoms with Crippen molar-refractivity contribution in [1.29, 1.82) is 0 Å². The summed E-state index contributed by atoms with van der Waals surface area (Å²) in [6.45, 7) is 2.12. The minimum Gasteiger partial charge on any atom is -0.399 e. The van der Waals surface area contributed by atoms with Crippen molar-refractivity contribution in [3.05, 3.63) is 47.5 Å². The predicted octanol–water partition coefficient (Wildman–Crippen LogP) is 4.34. The highest BCUT2D eigenvalue weighted by Gasteiger charge is 2.06. The number of hydrogen-bond donors (Lipinski definition) is 1. The van der Waals surface area contributed by atoms with Crippen molar-refractivity contribution >= 4 is 39.0 Å². The summed E-state index contributed by atoms with van der Waals surface area (Å²) >= 11 is 3.55. The van der Waals surface area contributed by atoms with Gasteiger partial charge < -0.3 is 5.73 Å². The fourth-order valence-electron chi connectivity index (χ4n) is 1.78. The van der Waals surface area contributed by atoms with Gasteiger partial charge in [-0.25, -0.2) is 0 Å². The van der Waals surface area contributed by atoms with Gasteiger partial charge in [-0.05, 0) is 43.3 Å². The summed E-state index contributed by atoms with van der Waals surface area (Å²) in [5.74, 6) is 0. The molecule has 0 atom stereocenters. The molecular weight excluding hydrogens is 260 g/mol. The third-order valence-corrected chi connectivity index (χ3v) is 4.88. The third kappa shape index (κ3) is 2.21. The zero-order chi connectivity index (χ0) is 12.5. The molecule has 0 bridgehead atoms. The summed E-state index contributed by atoms with van der Waals surface area (Å²) in [6, 6.07) is 12.2. The Balaban J connectivity index is 2.01. The lowest BCUT2D eigenvalue weighted by atomic mass is 10.3. The Kier molecular flexibility index (Phi) is 2.97. The van der Waals surface area contributed by atoms with E-state index in [9.17, 15) is 0 Å². The molecule has 2 heterocycles. The van der Waals surface area contributed by atoms with Gasteiger partial charge in [0.2, 0.25) is 0 Å². The van der Waals surface area contributed by atoms with Crippen LogP contribution in [0.15, 0.2) is 52.4 Å². The largest absolute Gasteiger partial charge is 0.399 e. The van der Waals surface area contributed by atoms with Crippen molar-refractivity contribution in [2.24, 2.45) is 0 Å². The molecule has 4 heteroatoms. The second-order valence-electron chi connectivity index (χ2n) is 4.05. The average Bonchev–Trinajstić information content (AvgIpc) is 2.73. The van der Waals surface area contributed by atoms with E-state index in [-0.39, 0.29) is 0 Å². The van der Waals surface area contributed by atoms with Crippen LogP contribution in [0.5, 0.6) is 0 Å². The summed E-state index contributed by atoms with van der Waals surface area (Å²) in [5, 5.41) is 0. The monoisotopic (exact) mass is 272 g/mol. The zero-order valence-corrected chi connectivity index (χ0v) is 11.5. The molecule has 3 rings (SSSR count). The first-order valence-electron chi connectivity index (χ1n) is 5.61. The van der Waals surface area contributed by atoms with E-state index in [0.717, 1.165) is 11.2 Å². The van der Waals surface area contributed by atoms with Gasteiger partial charge in [0.25, 0.3) is 0 Å². The quantitative estimate of drug-likeness (QED) is 0.705. The summed E-state index contributed by atoms with van der Waals surface area (Å²) in [7, 11) is 0. The van der Waals surface area contributed by atoms with Crippen LogP contribution in [0.2, 0.25) is 0 Å². The Morgan fingerprint density at radius 3 is 2.72 bits per heavy atom. The van der Waals surface area contributed by atoms with Crippen molar-refractivity contribution in [1.82, 2.24) is 4.98 Å². The molecule has 0 aliphatic carbocycles. The number of nitrogens with zero attached hydrogens (tertiary/aromatic N) is 1. The molecule has 0 aliphatic heterocycles. The Bertz CT molecular complexity index is 687. The molecular formula is C14H12N2S2. The molecule has 0 amide bonds. The summed E-state index contributed by atoms with van der Waals surface area (Å²) in [6.07, 6.45) is 1.87. The standard InChI is InChI=1S/C14H12N2S2/c1-9-8-12-14(17-9)13(6-7-16-12)18-11-4-2-10(15)3-5-11/h2-8H,15H2,1H3. The Labute approximate surface area is 114 Å². The summed E-state index contributed by atoms with van der Waals surface area (Å²) < 4.78 is 1.26. The van der Waals surface area contributed by atoms with E-state index in [1.807, 2.05) is 30.5 Å². The van der Waals surface area contributed by atoms with Gasteiger partial charge in [0.15, 0.2) is 0 Å². The van der Waals surface area contributed by atoms with Gasteiger partial charge in [-0.2, -0.15) is 0 Å². The number of nitrogens with two attached hydrogens (primary N) is 1. The smallest absolute Gasteiger partial charge is 0.0823 e. The van der Waals surface area contributed by atoms with E-state index < -0.39 is 0 Å². The van der Waals surface area contributed by atoms with Crippen LogP contribution in [0.4, 0.5) is 5.69 Å². The van der Waals surface area contributed by atoms with Crippen LogP contribution in [0.25, 0.3) is 10.2 Å². The summed E-state index contributed by atoms with van der Waals surface area (Å²) in [5.41, 5.74) is 7.58. The van der Waals surface area contributed by atoms with E-state index in [4.69, 9.17) is 5.73 Å². The average molecular weight is 272 g/mol. The number of thiophene rings is 1. The van der Waals surface area contributed by atoms with E-state index in [1.54, 1.807) is 23.1 Å². The SMILES string of the molecule is Cc1cc2nccc(Sc3ccc(N)cc3)c2s1. The molecule has 0 aliphatic rings. The minimum absolute atomic E-state index is 0.797. The second-order valence-corrected chi connectivity index (χ2v) is 6.42. The van der Waals surface area contributed by atoms with E-state index in [2.05, 4.69) is 24.0 Å². The van der Waals surface area contributed by atoms with Crippen LogP contribution in [-0.4, -0.2) is 4.98 Å². The summed E-state index contributed by atoms with van der Waals surface area (Å²) in [4.78, 5) is 8.14. The highest BCUT2D eigenvalue weighted by molar-refractivity contribution is 7.99. The van der Waals surface area contributed by atoms with Crippen molar-refractivity contribution in [3.8, 4) is 0 Å². The molecule has 18 heavy (non-hydrogen) atoms. The zero-order valence-electron chi connectivity index (χ0n) is 9.88. The van der Waals surface area contributed by atoms with E-state index in [0.29, 0.717) is 0 Å². The third-order valence-electron chi connectivity index (χ3n) is 2.61. The number of rotatable bonds is 2. The van der Waals surface area contributed by atoms with Crippen LogP contribution >= 0.6 is 23.1 Å². The molecule has 0 unspecified atom stereocenters. The maximum absolute atomic E-state index is 5.70. The number of fused-ring (bicyclic) bond motifs is 1. The lowest BCUT2D eigenvalue weighted by Gasteiger charge is -2.03. The van der Waals surface area contributed by atoms with Gasteiger partial charge in [0.1, 0.15) is 0 Å². The molecule has 2 aromatic heterocycles. The molecule has 0 radical (unpaired) electrons. The van der Waals surface area contributed by atoms with Crippen LogP contribution in [0, 0.1) is 6.92 Å². The fourth-order valence-corrected chi connectivity index (χ4v) is 3.76. The Hall–Kier alpha value is -1.52. The van der Waals surface area contributed by atoms with Gasteiger partial charge in [0, 0.05) is 26.6 Å². The number of aromatic nitrogens is 1. The number of pyridine rings is 1. The number of benzene rings is 1. The highest BCUT2D eigenvalue weighted by atomic mass is 32.2. The van der Waals surface area contributed by atoms with Crippen LogP contribution in [0.1, 0.15) is 4.88 Å². The molecule has 0 saturated carbocycles. The van der Waals surface area contributed by atoms with Gasteiger partial charge in [-0.1, -0.05) is 11.8 Å².